The number of hydrogen-bond donors (Lipinski definition) is 2. The Kier molecular flexibility index (Phi) is 4.35. The zero-order valence-electron chi connectivity index (χ0n) is 10.9. The lowest BCUT2D eigenvalue weighted by Crippen LogP contribution is -2.39. The normalized spacial score (nSPS) is 17.9. The summed E-state index contributed by atoms with van der Waals surface area (Å²) in [6.07, 6.45) is 0.944. The van der Waals surface area contributed by atoms with E-state index in [-0.39, 0.29) is 6.42 Å². The minimum absolute atomic E-state index is 0.215. The fraction of sp³-hybridized carbons (Fsp3) is 0.385. The van der Waals surface area contributed by atoms with Gasteiger partial charge in [0.15, 0.2) is 17.5 Å². The number of carboxylic acid groups (broad SMARTS) is 1. The molecule has 0 aliphatic carbocycles. The number of amides is 2. The quantitative estimate of drug-likeness (QED) is 0.843. The second-order valence-electron chi connectivity index (χ2n) is 4.74. The van der Waals surface area contributed by atoms with Crippen LogP contribution in [0.3, 0.4) is 0 Å². The number of urea groups is 1. The van der Waals surface area contributed by atoms with E-state index in [1.165, 1.54) is 4.90 Å². The van der Waals surface area contributed by atoms with Gasteiger partial charge in [0.2, 0.25) is 0 Å². The zero-order valence-corrected chi connectivity index (χ0v) is 10.9. The van der Waals surface area contributed by atoms with E-state index in [2.05, 4.69) is 5.32 Å². The van der Waals surface area contributed by atoms with Gasteiger partial charge in [0.05, 0.1) is 12.1 Å². The minimum atomic E-state index is -1.67. The number of nitrogens with one attached hydrogen (secondary N) is 1. The van der Waals surface area contributed by atoms with Gasteiger partial charge in [-0.3, -0.25) is 4.79 Å². The standard InChI is InChI=1S/C13H13F3N2O3/c14-8-3-4-9(12(16)11(8)15)17-13(21)18-5-1-2-7(18)6-10(19)20/h3-4,7H,1-2,5-6H2,(H,17,21)(H,19,20). The van der Waals surface area contributed by atoms with Gasteiger partial charge in [-0.2, -0.15) is 0 Å². The topological polar surface area (TPSA) is 69.6 Å². The van der Waals surface area contributed by atoms with Crippen LogP contribution in [0.4, 0.5) is 23.7 Å². The molecular weight excluding hydrogens is 289 g/mol. The second-order valence-corrected chi connectivity index (χ2v) is 4.74. The van der Waals surface area contributed by atoms with E-state index in [0.29, 0.717) is 25.5 Å². The maximum atomic E-state index is 13.5. The van der Waals surface area contributed by atoms with Crippen molar-refractivity contribution < 1.29 is 27.9 Å². The number of benzene rings is 1. The summed E-state index contributed by atoms with van der Waals surface area (Å²) in [5, 5.41) is 10.9. The molecule has 2 N–H and O–H groups in total. The predicted molar refractivity (Wildman–Crippen MR) is 67.3 cm³/mol. The number of likely N-dealkylation sites (tertiary alicyclic amines) is 1. The largest absolute Gasteiger partial charge is 0.481 e. The Morgan fingerprint density at radius 3 is 2.67 bits per heavy atom. The maximum Gasteiger partial charge on any atom is 0.322 e. The number of rotatable bonds is 3. The van der Waals surface area contributed by atoms with Crippen molar-refractivity contribution in [2.45, 2.75) is 25.3 Å². The first kappa shape index (κ1) is 15.1. The van der Waals surface area contributed by atoms with E-state index in [9.17, 15) is 22.8 Å². The van der Waals surface area contributed by atoms with Crippen molar-refractivity contribution in [1.29, 1.82) is 0 Å². The van der Waals surface area contributed by atoms with Crippen molar-refractivity contribution in [3.8, 4) is 0 Å². The van der Waals surface area contributed by atoms with Gasteiger partial charge < -0.3 is 15.3 Å². The first-order valence-corrected chi connectivity index (χ1v) is 6.33. The summed E-state index contributed by atoms with van der Waals surface area (Å²) >= 11 is 0. The van der Waals surface area contributed by atoms with Gasteiger partial charge in [0, 0.05) is 12.6 Å². The molecular formula is C13H13F3N2O3. The molecule has 1 atom stereocenters. The van der Waals surface area contributed by atoms with Gasteiger partial charge in [-0.15, -0.1) is 0 Å². The van der Waals surface area contributed by atoms with Gasteiger partial charge in [-0.25, -0.2) is 18.0 Å². The Morgan fingerprint density at radius 1 is 1.29 bits per heavy atom. The molecule has 5 nitrogen and oxygen atoms in total. The number of anilines is 1. The molecule has 8 heteroatoms. The summed E-state index contributed by atoms with van der Waals surface area (Å²) in [6, 6.07) is 0.389. The molecule has 1 unspecified atom stereocenters. The van der Waals surface area contributed by atoms with Crippen LogP contribution in [-0.2, 0) is 4.79 Å². The molecule has 1 saturated heterocycles. The molecule has 1 aliphatic rings. The van der Waals surface area contributed by atoms with Gasteiger partial charge in [-0.1, -0.05) is 0 Å². The van der Waals surface area contributed by atoms with Crippen molar-refractivity contribution in [3.05, 3.63) is 29.6 Å². The molecule has 0 spiro atoms. The SMILES string of the molecule is O=C(O)CC1CCCN1C(=O)Nc1ccc(F)c(F)c1F. The summed E-state index contributed by atoms with van der Waals surface area (Å²) in [6.45, 7) is 0.328. The number of nitrogens with zero attached hydrogens (tertiary/aromatic N) is 1. The summed E-state index contributed by atoms with van der Waals surface area (Å²) < 4.78 is 39.3. The highest BCUT2D eigenvalue weighted by molar-refractivity contribution is 5.90. The summed E-state index contributed by atoms with van der Waals surface area (Å²) in [5.74, 6) is -5.55. The van der Waals surface area contributed by atoms with Crippen LogP contribution in [-0.4, -0.2) is 34.6 Å². The van der Waals surface area contributed by atoms with Crippen LogP contribution in [0.15, 0.2) is 12.1 Å². The molecule has 1 aromatic rings. The Bertz CT molecular complexity index is 580. The third kappa shape index (κ3) is 3.26. The molecule has 21 heavy (non-hydrogen) atoms. The van der Waals surface area contributed by atoms with E-state index in [1.807, 2.05) is 0 Å². The van der Waals surface area contributed by atoms with Crippen molar-refractivity contribution in [2.24, 2.45) is 0 Å². The highest BCUT2D eigenvalue weighted by Crippen LogP contribution is 2.24. The fourth-order valence-corrected chi connectivity index (χ4v) is 2.33. The Labute approximate surface area is 118 Å². The lowest BCUT2D eigenvalue weighted by molar-refractivity contribution is -0.137. The highest BCUT2D eigenvalue weighted by Gasteiger charge is 2.31. The molecule has 2 rings (SSSR count). The van der Waals surface area contributed by atoms with Crippen molar-refractivity contribution in [2.75, 3.05) is 11.9 Å². The average Bonchev–Trinajstić information content (AvgIpc) is 2.86. The number of carboxylic acids is 1. The lowest BCUT2D eigenvalue weighted by Gasteiger charge is -2.23. The van der Waals surface area contributed by atoms with E-state index in [0.717, 1.165) is 6.07 Å². The predicted octanol–water partition coefficient (Wildman–Crippen LogP) is 2.57. The molecule has 1 aromatic carbocycles. The monoisotopic (exact) mass is 302 g/mol. The van der Waals surface area contributed by atoms with Gasteiger partial charge >= 0.3 is 12.0 Å². The first-order valence-electron chi connectivity index (χ1n) is 6.33. The van der Waals surface area contributed by atoms with Crippen LogP contribution in [0.5, 0.6) is 0 Å². The third-order valence-corrected chi connectivity index (χ3v) is 3.33. The van der Waals surface area contributed by atoms with Gasteiger partial charge in [0.25, 0.3) is 0 Å². The highest BCUT2D eigenvalue weighted by atomic mass is 19.2. The molecule has 1 heterocycles. The smallest absolute Gasteiger partial charge is 0.322 e. The molecule has 0 bridgehead atoms. The van der Waals surface area contributed by atoms with Crippen LogP contribution in [0.2, 0.25) is 0 Å². The van der Waals surface area contributed by atoms with Crippen LogP contribution in [0.1, 0.15) is 19.3 Å². The zero-order chi connectivity index (χ0) is 15.6. The number of carbonyl (C=O) groups is 2. The van der Waals surface area contributed by atoms with Crippen LogP contribution < -0.4 is 5.32 Å². The van der Waals surface area contributed by atoms with Crippen molar-refractivity contribution >= 4 is 17.7 Å². The molecule has 114 valence electrons. The fourth-order valence-electron chi connectivity index (χ4n) is 2.33. The molecule has 0 saturated carbocycles. The Morgan fingerprint density at radius 2 is 2.00 bits per heavy atom. The van der Waals surface area contributed by atoms with Crippen molar-refractivity contribution in [3.63, 3.8) is 0 Å². The molecule has 0 aromatic heterocycles. The number of aliphatic carboxylic acids is 1. The van der Waals surface area contributed by atoms with Gasteiger partial charge in [0.1, 0.15) is 0 Å². The van der Waals surface area contributed by atoms with Crippen LogP contribution >= 0.6 is 0 Å². The van der Waals surface area contributed by atoms with E-state index >= 15 is 0 Å². The van der Waals surface area contributed by atoms with Crippen LogP contribution in [0, 0.1) is 17.5 Å². The number of hydrogen-bond acceptors (Lipinski definition) is 2. The maximum absolute atomic E-state index is 13.5. The van der Waals surface area contributed by atoms with E-state index in [1.54, 1.807) is 0 Å². The summed E-state index contributed by atoms with van der Waals surface area (Å²) in [4.78, 5) is 24.0. The first-order chi connectivity index (χ1) is 9.90. The number of halogens is 3. The van der Waals surface area contributed by atoms with Crippen molar-refractivity contribution in [1.82, 2.24) is 4.90 Å². The Balaban J connectivity index is 2.11. The molecule has 1 fully saturated rings. The van der Waals surface area contributed by atoms with Gasteiger partial charge in [-0.05, 0) is 25.0 Å². The molecule has 1 aliphatic heterocycles. The van der Waals surface area contributed by atoms with E-state index < -0.39 is 41.2 Å². The molecule has 0 radical (unpaired) electrons. The average molecular weight is 302 g/mol. The number of carbonyl (C=O) groups excluding carboxylic acids is 1. The second kappa shape index (κ2) is 6.02. The Hall–Kier alpha value is -2.25. The lowest BCUT2D eigenvalue weighted by atomic mass is 10.1. The third-order valence-electron chi connectivity index (χ3n) is 3.33. The summed E-state index contributed by atoms with van der Waals surface area (Å²) in [5.41, 5.74) is -0.486. The summed E-state index contributed by atoms with van der Waals surface area (Å²) in [7, 11) is 0. The van der Waals surface area contributed by atoms with E-state index in [4.69, 9.17) is 5.11 Å². The minimum Gasteiger partial charge on any atom is -0.481 e. The molecule has 2 amide bonds. The van der Waals surface area contributed by atoms with Crippen LogP contribution in [0.25, 0.3) is 0 Å².